The van der Waals surface area contributed by atoms with Crippen LogP contribution in [0.4, 0.5) is 4.79 Å². The molecule has 0 spiro atoms. The molecular weight excluding hydrogens is 400 g/mol. The van der Waals surface area contributed by atoms with Gasteiger partial charge in [-0.25, -0.2) is 13.2 Å². The molecule has 2 heterocycles. The Morgan fingerprint density at radius 2 is 1.83 bits per heavy atom. The van der Waals surface area contributed by atoms with Crippen molar-refractivity contribution >= 4 is 16.1 Å². The van der Waals surface area contributed by atoms with Crippen molar-refractivity contribution < 1.29 is 27.2 Å². The minimum Gasteiger partial charge on any atom is -0.493 e. The summed E-state index contributed by atoms with van der Waals surface area (Å²) in [6, 6.07) is 5.95. The van der Waals surface area contributed by atoms with Gasteiger partial charge in [0.1, 0.15) is 11.5 Å². The topological polar surface area (TPSA) is 114 Å². The zero-order chi connectivity index (χ0) is 21.0. The Hall–Kier alpha value is -2.79. The van der Waals surface area contributed by atoms with Crippen molar-refractivity contribution in [3.63, 3.8) is 0 Å². The number of urea groups is 1. The van der Waals surface area contributed by atoms with Crippen LogP contribution in [0.5, 0.6) is 11.5 Å². The molecule has 0 aliphatic carbocycles. The third-order valence-electron chi connectivity index (χ3n) is 4.62. The summed E-state index contributed by atoms with van der Waals surface area (Å²) >= 11 is 0. The second kappa shape index (κ2) is 8.70. The van der Waals surface area contributed by atoms with Crippen molar-refractivity contribution in [2.24, 2.45) is 0 Å². The minimum absolute atomic E-state index is 0.120. The number of amides is 2. The second-order valence-electron chi connectivity index (χ2n) is 6.50. The first kappa shape index (κ1) is 20.9. The maximum Gasteiger partial charge on any atom is 0.317 e. The Labute approximate surface area is 169 Å². The maximum atomic E-state index is 12.9. The van der Waals surface area contributed by atoms with Crippen LogP contribution in [0.2, 0.25) is 0 Å². The van der Waals surface area contributed by atoms with Crippen molar-refractivity contribution in [1.29, 1.82) is 0 Å². The third-order valence-corrected chi connectivity index (χ3v) is 6.51. The van der Waals surface area contributed by atoms with Crippen LogP contribution in [0.15, 0.2) is 33.7 Å². The molecule has 0 bridgehead atoms. The minimum atomic E-state index is -3.70. The molecule has 0 unspecified atom stereocenters. The van der Waals surface area contributed by atoms with Crippen LogP contribution in [-0.4, -0.2) is 69.2 Å². The van der Waals surface area contributed by atoms with Crippen LogP contribution >= 0.6 is 0 Å². The highest BCUT2D eigenvalue weighted by atomic mass is 32.2. The molecule has 158 valence electrons. The van der Waals surface area contributed by atoms with E-state index in [4.69, 9.17) is 14.0 Å². The largest absolute Gasteiger partial charge is 0.493 e. The van der Waals surface area contributed by atoms with Gasteiger partial charge in [-0.1, -0.05) is 5.16 Å². The standard InChI is InChI=1S/C18H24N4O6S/c1-13-10-14(20-28-13)12-19-18(23)21-6-8-22(9-7-21)29(24,25)15-4-5-16(26-2)17(11-15)27-3/h4-5,10-11H,6-9,12H2,1-3H3,(H,19,23). The molecule has 3 rings (SSSR count). The van der Waals surface area contributed by atoms with E-state index in [0.29, 0.717) is 23.0 Å². The summed E-state index contributed by atoms with van der Waals surface area (Å²) in [6.45, 7) is 3.00. The van der Waals surface area contributed by atoms with Crippen LogP contribution < -0.4 is 14.8 Å². The van der Waals surface area contributed by atoms with Gasteiger partial charge in [0, 0.05) is 38.3 Å². The SMILES string of the molecule is COc1ccc(S(=O)(=O)N2CCN(C(=O)NCc3cc(C)on3)CC2)cc1OC. The molecule has 1 aliphatic heterocycles. The lowest BCUT2D eigenvalue weighted by atomic mass is 10.3. The molecule has 1 aliphatic rings. The van der Waals surface area contributed by atoms with Gasteiger partial charge in [0.2, 0.25) is 10.0 Å². The van der Waals surface area contributed by atoms with Gasteiger partial charge in [-0.05, 0) is 19.1 Å². The fraction of sp³-hybridized carbons (Fsp3) is 0.444. The number of hydrogen-bond acceptors (Lipinski definition) is 7. The zero-order valence-electron chi connectivity index (χ0n) is 16.5. The highest BCUT2D eigenvalue weighted by molar-refractivity contribution is 7.89. The Morgan fingerprint density at radius 1 is 1.14 bits per heavy atom. The molecule has 1 fully saturated rings. The van der Waals surface area contributed by atoms with Gasteiger partial charge in [-0.15, -0.1) is 0 Å². The van der Waals surface area contributed by atoms with E-state index in [-0.39, 0.29) is 43.7 Å². The number of aryl methyl sites for hydroxylation is 1. The number of carbonyl (C=O) groups is 1. The average molecular weight is 424 g/mol. The lowest BCUT2D eigenvalue weighted by Gasteiger charge is -2.34. The van der Waals surface area contributed by atoms with Crippen LogP contribution in [-0.2, 0) is 16.6 Å². The zero-order valence-corrected chi connectivity index (χ0v) is 17.4. The first-order valence-corrected chi connectivity index (χ1v) is 10.5. The van der Waals surface area contributed by atoms with E-state index in [9.17, 15) is 13.2 Å². The van der Waals surface area contributed by atoms with E-state index >= 15 is 0 Å². The molecule has 11 heteroatoms. The number of ether oxygens (including phenoxy) is 2. The number of piperazine rings is 1. The van der Waals surface area contributed by atoms with Gasteiger partial charge in [-0.2, -0.15) is 4.31 Å². The molecule has 0 radical (unpaired) electrons. The molecule has 1 aromatic carbocycles. The average Bonchev–Trinajstić information content (AvgIpc) is 3.16. The predicted molar refractivity (Wildman–Crippen MR) is 103 cm³/mol. The number of nitrogens with zero attached hydrogens (tertiary/aromatic N) is 3. The smallest absolute Gasteiger partial charge is 0.317 e. The molecule has 10 nitrogen and oxygen atoms in total. The van der Waals surface area contributed by atoms with Gasteiger partial charge in [-0.3, -0.25) is 0 Å². The lowest BCUT2D eigenvalue weighted by Crippen LogP contribution is -2.52. The van der Waals surface area contributed by atoms with Crippen molar-refractivity contribution in [3.8, 4) is 11.5 Å². The maximum absolute atomic E-state index is 12.9. The van der Waals surface area contributed by atoms with E-state index in [2.05, 4.69) is 10.5 Å². The van der Waals surface area contributed by atoms with Crippen LogP contribution in [0.1, 0.15) is 11.5 Å². The van der Waals surface area contributed by atoms with E-state index in [1.165, 1.54) is 30.7 Å². The van der Waals surface area contributed by atoms with Crippen molar-refractivity contribution in [3.05, 3.63) is 35.7 Å². The van der Waals surface area contributed by atoms with Gasteiger partial charge in [0.15, 0.2) is 11.5 Å². The molecule has 2 amide bonds. The monoisotopic (exact) mass is 424 g/mol. The van der Waals surface area contributed by atoms with Gasteiger partial charge in [0.05, 0.1) is 25.7 Å². The van der Waals surface area contributed by atoms with E-state index in [1.54, 1.807) is 24.0 Å². The summed E-state index contributed by atoms with van der Waals surface area (Å²) < 4.78 is 42.5. The number of aromatic nitrogens is 1. The molecule has 1 aromatic heterocycles. The summed E-state index contributed by atoms with van der Waals surface area (Å²) in [5.74, 6) is 1.47. The first-order chi connectivity index (χ1) is 13.8. The fourth-order valence-electron chi connectivity index (χ4n) is 3.04. The highest BCUT2D eigenvalue weighted by Crippen LogP contribution is 2.30. The molecule has 1 saturated heterocycles. The quantitative estimate of drug-likeness (QED) is 0.741. The molecule has 0 atom stereocenters. The Kier molecular flexibility index (Phi) is 6.28. The summed E-state index contributed by atoms with van der Waals surface area (Å²) in [7, 11) is -0.768. The van der Waals surface area contributed by atoms with Crippen LogP contribution in [0.25, 0.3) is 0 Å². The van der Waals surface area contributed by atoms with Gasteiger partial charge in [0.25, 0.3) is 0 Å². The Balaban J connectivity index is 1.59. The number of methoxy groups -OCH3 is 2. The summed E-state index contributed by atoms with van der Waals surface area (Å²) in [4.78, 5) is 14.0. The van der Waals surface area contributed by atoms with Gasteiger partial charge < -0.3 is 24.2 Å². The van der Waals surface area contributed by atoms with Crippen LogP contribution in [0, 0.1) is 6.92 Å². The van der Waals surface area contributed by atoms with E-state index < -0.39 is 10.0 Å². The fourth-order valence-corrected chi connectivity index (χ4v) is 4.47. The highest BCUT2D eigenvalue weighted by Gasteiger charge is 2.30. The van der Waals surface area contributed by atoms with Crippen molar-refractivity contribution in [2.45, 2.75) is 18.4 Å². The summed E-state index contributed by atoms with van der Waals surface area (Å²) in [5.41, 5.74) is 0.630. The van der Waals surface area contributed by atoms with Crippen LogP contribution in [0.3, 0.4) is 0 Å². The number of benzene rings is 1. The first-order valence-electron chi connectivity index (χ1n) is 9.02. The molecule has 29 heavy (non-hydrogen) atoms. The number of carbonyl (C=O) groups excluding carboxylic acids is 1. The van der Waals surface area contributed by atoms with Crippen molar-refractivity contribution in [1.82, 2.24) is 19.7 Å². The van der Waals surface area contributed by atoms with E-state index in [0.717, 1.165) is 0 Å². The molecule has 1 N–H and O–H groups in total. The third kappa shape index (κ3) is 4.62. The summed E-state index contributed by atoms with van der Waals surface area (Å²) in [5, 5.41) is 6.58. The van der Waals surface area contributed by atoms with Gasteiger partial charge >= 0.3 is 6.03 Å². The van der Waals surface area contributed by atoms with E-state index in [1.807, 2.05) is 0 Å². The van der Waals surface area contributed by atoms with Crippen molar-refractivity contribution in [2.75, 3.05) is 40.4 Å². The summed E-state index contributed by atoms with van der Waals surface area (Å²) in [6.07, 6.45) is 0. The number of sulfonamides is 1. The molecular formula is C18H24N4O6S. The number of nitrogens with one attached hydrogen (secondary N) is 1. The second-order valence-corrected chi connectivity index (χ2v) is 8.43. The number of hydrogen-bond donors (Lipinski definition) is 1. The predicted octanol–water partition coefficient (Wildman–Crippen LogP) is 1.22. The Morgan fingerprint density at radius 3 is 2.41 bits per heavy atom. The molecule has 0 saturated carbocycles. The molecule has 2 aromatic rings. The normalized spacial score (nSPS) is 15.2. The lowest BCUT2D eigenvalue weighted by molar-refractivity contribution is 0.171. The number of rotatable bonds is 6. The Bertz CT molecular complexity index is 966.